The molecule has 3 rings (SSSR count). The second-order valence-corrected chi connectivity index (χ2v) is 7.43. The highest BCUT2D eigenvalue weighted by Gasteiger charge is 2.46. The van der Waals surface area contributed by atoms with Crippen molar-refractivity contribution < 1.29 is 49.3 Å². The molecule has 0 aromatic heterocycles. The van der Waals surface area contributed by atoms with E-state index in [1.807, 2.05) is 0 Å². The first kappa shape index (κ1) is 24.9. The topological polar surface area (TPSA) is 163 Å². The first-order valence-corrected chi connectivity index (χ1v) is 10.2. The fraction of sp³-hybridized carbons (Fsp3) is 0.250. The molecule has 1 aliphatic heterocycles. The number of phenols is 2. The summed E-state index contributed by atoms with van der Waals surface area (Å²) in [4.78, 5) is 23.9. The number of phenolic OH excluding ortho intramolecular Hbond substituents is 2. The van der Waals surface area contributed by atoms with E-state index in [1.54, 1.807) is 24.3 Å². The number of ether oxygens (including phenoxy) is 3. The van der Waals surface area contributed by atoms with Crippen molar-refractivity contribution in [1.82, 2.24) is 0 Å². The maximum atomic E-state index is 12.0. The Balaban J connectivity index is 1.50. The summed E-state index contributed by atoms with van der Waals surface area (Å²) in [5.41, 5.74) is 1.23. The lowest BCUT2D eigenvalue weighted by Crippen LogP contribution is -2.59. The van der Waals surface area contributed by atoms with Crippen LogP contribution >= 0.6 is 0 Å². The fourth-order valence-electron chi connectivity index (χ4n) is 3.07. The van der Waals surface area contributed by atoms with E-state index in [-0.39, 0.29) is 11.5 Å². The summed E-state index contributed by atoms with van der Waals surface area (Å²) in [7, 11) is 0. The molecule has 180 valence electrons. The Kier molecular flexibility index (Phi) is 8.39. The van der Waals surface area contributed by atoms with E-state index in [4.69, 9.17) is 14.2 Å². The van der Waals surface area contributed by atoms with Crippen molar-refractivity contribution in [3.63, 3.8) is 0 Å². The van der Waals surface area contributed by atoms with Gasteiger partial charge in [0.05, 0.1) is 0 Å². The SMILES string of the molecule is O=C(/C=C/c1ccc(O)cc1)OC[C@@H]1O[C@H](O)[C@@H](OC(=O)/C=C/c2ccc(O)cc2)[C@H](O)[C@H]1O. The molecule has 1 heterocycles. The van der Waals surface area contributed by atoms with Gasteiger partial charge in [0.25, 0.3) is 0 Å². The highest BCUT2D eigenvalue weighted by Crippen LogP contribution is 2.23. The van der Waals surface area contributed by atoms with Gasteiger partial charge >= 0.3 is 11.9 Å². The van der Waals surface area contributed by atoms with Crippen LogP contribution in [0.5, 0.6) is 11.5 Å². The second-order valence-electron chi connectivity index (χ2n) is 7.43. The van der Waals surface area contributed by atoms with Crippen molar-refractivity contribution in [3.8, 4) is 11.5 Å². The molecule has 10 heteroatoms. The number of hydrogen-bond acceptors (Lipinski definition) is 10. The van der Waals surface area contributed by atoms with Crippen molar-refractivity contribution in [3.05, 3.63) is 71.8 Å². The Bertz CT molecular complexity index is 1030. The summed E-state index contributed by atoms with van der Waals surface area (Å²) in [5.74, 6) is -1.53. The standard InChI is InChI=1S/C24H24O10/c25-16-7-1-14(2-8-16)5-11-19(27)32-13-18-21(29)22(30)23(24(31)33-18)34-20(28)12-6-15-3-9-17(26)10-4-15/h1-12,18,21-26,29-31H,13H2/b11-5+,12-6+/t18-,21-,22+,23-,24-/m0/s1. The van der Waals surface area contributed by atoms with Gasteiger partial charge in [-0.15, -0.1) is 0 Å². The Hall–Kier alpha value is -3.70. The Morgan fingerprint density at radius 1 is 0.794 bits per heavy atom. The molecule has 34 heavy (non-hydrogen) atoms. The summed E-state index contributed by atoms with van der Waals surface area (Å²) >= 11 is 0. The van der Waals surface area contributed by atoms with E-state index in [9.17, 15) is 35.1 Å². The molecule has 5 N–H and O–H groups in total. The van der Waals surface area contributed by atoms with Gasteiger partial charge in [0, 0.05) is 12.2 Å². The minimum absolute atomic E-state index is 0.0629. The zero-order chi connectivity index (χ0) is 24.7. The number of esters is 2. The third-order valence-corrected chi connectivity index (χ3v) is 4.91. The van der Waals surface area contributed by atoms with E-state index < -0.39 is 49.3 Å². The summed E-state index contributed by atoms with van der Waals surface area (Å²) in [6.07, 6.45) is -2.92. The van der Waals surface area contributed by atoms with Crippen LogP contribution in [0.3, 0.4) is 0 Å². The quantitative estimate of drug-likeness (QED) is 0.287. The summed E-state index contributed by atoms with van der Waals surface area (Å²) < 4.78 is 15.2. The number of hydrogen-bond donors (Lipinski definition) is 5. The smallest absolute Gasteiger partial charge is 0.331 e. The Morgan fingerprint density at radius 3 is 1.82 bits per heavy atom. The van der Waals surface area contributed by atoms with Crippen molar-refractivity contribution in [2.75, 3.05) is 6.61 Å². The van der Waals surface area contributed by atoms with Crippen LogP contribution in [-0.2, 0) is 23.8 Å². The molecule has 2 aromatic rings. The summed E-state index contributed by atoms with van der Waals surface area (Å²) in [5, 5.41) is 49.2. The van der Waals surface area contributed by atoms with E-state index in [0.29, 0.717) is 11.1 Å². The van der Waals surface area contributed by atoms with Crippen LogP contribution in [-0.4, -0.2) is 74.8 Å². The molecule has 10 nitrogen and oxygen atoms in total. The highest BCUT2D eigenvalue weighted by molar-refractivity contribution is 5.87. The van der Waals surface area contributed by atoms with Crippen molar-refractivity contribution >= 4 is 24.1 Å². The number of benzene rings is 2. The molecular formula is C24H24O10. The van der Waals surface area contributed by atoms with Crippen molar-refractivity contribution in [2.45, 2.75) is 30.7 Å². The molecule has 1 fully saturated rings. The highest BCUT2D eigenvalue weighted by atomic mass is 16.7. The van der Waals surface area contributed by atoms with Gasteiger partial charge < -0.3 is 39.7 Å². The minimum Gasteiger partial charge on any atom is -0.508 e. The van der Waals surface area contributed by atoms with Gasteiger partial charge in [0.1, 0.15) is 36.4 Å². The van der Waals surface area contributed by atoms with Crippen LogP contribution in [0, 0.1) is 0 Å². The van der Waals surface area contributed by atoms with Gasteiger partial charge in [-0.25, -0.2) is 9.59 Å². The molecular weight excluding hydrogens is 448 g/mol. The van der Waals surface area contributed by atoms with Crippen molar-refractivity contribution in [2.24, 2.45) is 0 Å². The number of rotatable bonds is 7. The molecule has 0 spiro atoms. The predicted octanol–water partition coefficient (Wildman–Crippen LogP) is 0.718. The van der Waals surface area contributed by atoms with Crippen LogP contribution in [0.25, 0.3) is 12.2 Å². The normalized spacial score (nSPS) is 24.9. The molecule has 0 saturated carbocycles. The van der Waals surface area contributed by atoms with Gasteiger partial charge in [-0.2, -0.15) is 0 Å². The molecule has 1 saturated heterocycles. The molecule has 1 aliphatic rings. The second kappa shape index (κ2) is 11.4. The van der Waals surface area contributed by atoms with Gasteiger partial charge in [0.15, 0.2) is 12.4 Å². The maximum Gasteiger partial charge on any atom is 0.331 e. The van der Waals surface area contributed by atoms with Gasteiger partial charge in [0.2, 0.25) is 0 Å². The summed E-state index contributed by atoms with van der Waals surface area (Å²) in [6.45, 7) is -0.477. The molecule has 2 aromatic carbocycles. The number of carbonyl (C=O) groups excluding carboxylic acids is 2. The Morgan fingerprint density at radius 2 is 1.29 bits per heavy atom. The first-order chi connectivity index (χ1) is 16.2. The largest absolute Gasteiger partial charge is 0.508 e. The van der Waals surface area contributed by atoms with Crippen LogP contribution in [0.1, 0.15) is 11.1 Å². The molecule has 0 radical (unpaired) electrons. The van der Waals surface area contributed by atoms with Crippen LogP contribution in [0.15, 0.2) is 60.7 Å². The van der Waals surface area contributed by atoms with Crippen LogP contribution in [0.2, 0.25) is 0 Å². The first-order valence-electron chi connectivity index (χ1n) is 10.2. The van der Waals surface area contributed by atoms with Gasteiger partial charge in [-0.1, -0.05) is 24.3 Å². The third kappa shape index (κ3) is 6.90. The molecule has 0 bridgehead atoms. The van der Waals surface area contributed by atoms with Gasteiger partial charge in [-0.3, -0.25) is 0 Å². The van der Waals surface area contributed by atoms with Crippen LogP contribution < -0.4 is 0 Å². The Labute approximate surface area is 194 Å². The number of aromatic hydroxyl groups is 2. The lowest BCUT2D eigenvalue weighted by Gasteiger charge is -2.39. The fourth-order valence-corrected chi connectivity index (χ4v) is 3.07. The van der Waals surface area contributed by atoms with Gasteiger partial charge in [-0.05, 0) is 47.5 Å². The van der Waals surface area contributed by atoms with E-state index in [0.717, 1.165) is 12.2 Å². The lowest BCUT2D eigenvalue weighted by molar-refractivity contribution is -0.290. The maximum absolute atomic E-state index is 12.0. The summed E-state index contributed by atoms with van der Waals surface area (Å²) in [6, 6.07) is 12.0. The van der Waals surface area contributed by atoms with E-state index >= 15 is 0 Å². The zero-order valence-electron chi connectivity index (χ0n) is 17.8. The lowest BCUT2D eigenvalue weighted by atomic mass is 9.99. The average molecular weight is 472 g/mol. The average Bonchev–Trinajstić information content (AvgIpc) is 2.82. The molecule has 0 unspecified atom stereocenters. The molecule has 0 amide bonds. The minimum atomic E-state index is -1.78. The van der Waals surface area contributed by atoms with Crippen LogP contribution in [0.4, 0.5) is 0 Å². The zero-order valence-corrected chi connectivity index (χ0v) is 17.8. The number of aliphatic hydroxyl groups excluding tert-OH is 3. The predicted molar refractivity (Wildman–Crippen MR) is 118 cm³/mol. The van der Waals surface area contributed by atoms with E-state index in [1.165, 1.54) is 36.4 Å². The monoisotopic (exact) mass is 472 g/mol. The molecule has 5 atom stereocenters. The third-order valence-electron chi connectivity index (χ3n) is 4.91. The number of aliphatic hydroxyl groups is 3. The van der Waals surface area contributed by atoms with Crippen molar-refractivity contribution in [1.29, 1.82) is 0 Å². The van der Waals surface area contributed by atoms with E-state index in [2.05, 4.69) is 0 Å². The number of carbonyl (C=O) groups is 2. The molecule has 0 aliphatic carbocycles.